The molecule has 0 aliphatic carbocycles. The van der Waals surface area contributed by atoms with E-state index >= 15 is 0 Å². The second-order valence-electron chi connectivity index (χ2n) is 8.30. The number of nitrogens with zero attached hydrogens (tertiary/aromatic N) is 1. The quantitative estimate of drug-likeness (QED) is 0.180. The maximum atomic E-state index is 12.6. The zero-order chi connectivity index (χ0) is 26.6. The highest BCUT2D eigenvalue weighted by Crippen LogP contribution is 2.30. The lowest BCUT2D eigenvalue weighted by molar-refractivity contribution is -0.112. The Kier molecular flexibility index (Phi) is 9.14. The van der Waals surface area contributed by atoms with Crippen molar-refractivity contribution in [3.8, 4) is 23.3 Å². The minimum atomic E-state index is -0.485. The number of carbonyl (C=O) groups is 1. The van der Waals surface area contributed by atoms with Gasteiger partial charge in [-0.2, -0.15) is 5.26 Å². The number of carbonyl (C=O) groups excluding carboxylic acids is 1. The highest BCUT2D eigenvalue weighted by molar-refractivity contribution is 6.09. The molecular formula is C32H28N2O4. The molecule has 6 nitrogen and oxygen atoms in total. The van der Waals surface area contributed by atoms with Crippen LogP contribution in [-0.2, 0) is 18.0 Å². The molecule has 4 aromatic rings. The Morgan fingerprint density at radius 1 is 0.763 bits per heavy atom. The Labute approximate surface area is 222 Å². The molecule has 4 aromatic carbocycles. The molecule has 0 radical (unpaired) electrons. The van der Waals surface area contributed by atoms with Crippen molar-refractivity contribution in [2.75, 3.05) is 11.9 Å². The summed E-state index contributed by atoms with van der Waals surface area (Å²) in [5.41, 5.74) is 3.18. The minimum absolute atomic E-state index is 0.0246. The first-order chi connectivity index (χ1) is 18.7. The molecule has 0 atom stereocenters. The number of nitriles is 1. The maximum Gasteiger partial charge on any atom is 0.266 e. The SMILES string of the molecule is CCOc1cc(COc2ccccc2/C=C(\C#N)C(=O)Nc2ccccc2)ccc1OCc1ccccc1. The molecule has 0 fully saturated rings. The number of hydrogen-bond acceptors (Lipinski definition) is 5. The monoisotopic (exact) mass is 504 g/mol. The van der Waals surface area contributed by atoms with Gasteiger partial charge in [-0.25, -0.2) is 0 Å². The van der Waals surface area contributed by atoms with Gasteiger partial charge in [0.2, 0.25) is 0 Å². The van der Waals surface area contributed by atoms with E-state index in [4.69, 9.17) is 14.2 Å². The Morgan fingerprint density at radius 2 is 1.42 bits per heavy atom. The van der Waals surface area contributed by atoms with Gasteiger partial charge in [0.25, 0.3) is 5.91 Å². The molecule has 1 amide bonds. The molecule has 0 aromatic heterocycles. The first kappa shape index (κ1) is 26.1. The lowest BCUT2D eigenvalue weighted by Gasteiger charge is -2.15. The summed E-state index contributed by atoms with van der Waals surface area (Å²) in [7, 11) is 0. The van der Waals surface area contributed by atoms with Crippen molar-refractivity contribution >= 4 is 17.7 Å². The normalized spacial score (nSPS) is 10.8. The van der Waals surface area contributed by atoms with Crippen LogP contribution in [0.5, 0.6) is 17.2 Å². The molecule has 0 aliphatic rings. The number of rotatable bonds is 11. The predicted octanol–water partition coefficient (Wildman–Crippen LogP) is 6.79. The molecule has 0 unspecified atom stereocenters. The van der Waals surface area contributed by atoms with E-state index < -0.39 is 5.91 Å². The Morgan fingerprint density at radius 3 is 2.16 bits per heavy atom. The van der Waals surface area contributed by atoms with Gasteiger partial charge in [0.15, 0.2) is 11.5 Å². The number of benzene rings is 4. The molecular weight excluding hydrogens is 476 g/mol. The van der Waals surface area contributed by atoms with Crippen molar-refractivity contribution < 1.29 is 19.0 Å². The third-order valence-corrected chi connectivity index (χ3v) is 5.56. The summed E-state index contributed by atoms with van der Waals surface area (Å²) in [6.07, 6.45) is 1.53. The van der Waals surface area contributed by atoms with Gasteiger partial charge in [-0.05, 0) is 54.5 Å². The third kappa shape index (κ3) is 7.25. The average molecular weight is 505 g/mol. The molecule has 190 valence electrons. The van der Waals surface area contributed by atoms with Crippen LogP contribution in [0.1, 0.15) is 23.6 Å². The molecule has 1 N–H and O–H groups in total. The van der Waals surface area contributed by atoms with E-state index in [9.17, 15) is 10.1 Å². The lowest BCUT2D eigenvalue weighted by Crippen LogP contribution is -2.13. The molecule has 0 aliphatic heterocycles. The van der Waals surface area contributed by atoms with Gasteiger partial charge in [-0.1, -0.05) is 72.8 Å². The van der Waals surface area contributed by atoms with Gasteiger partial charge in [0, 0.05) is 11.3 Å². The number of anilines is 1. The molecule has 38 heavy (non-hydrogen) atoms. The van der Waals surface area contributed by atoms with Crippen LogP contribution in [0.2, 0.25) is 0 Å². The Balaban J connectivity index is 1.46. The van der Waals surface area contributed by atoms with E-state index in [1.165, 1.54) is 6.08 Å². The van der Waals surface area contributed by atoms with Crippen LogP contribution in [-0.4, -0.2) is 12.5 Å². The Bertz CT molecular complexity index is 1430. The average Bonchev–Trinajstić information content (AvgIpc) is 2.96. The van der Waals surface area contributed by atoms with Crippen molar-refractivity contribution in [3.05, 3.63) is 125 Å². The number of ether oxygens (including phenoxy) is 3. The summed E-state index contributed by atoms with van der Waals surface area (Å²) in [4.78, 5) is 12.6. The van der Waals surface area contributed by atoms with Crippen LogP contribution in [0.3, 0.4) is 0 Å². The lowest BCUT2D eigenvalue weighted by atomic mass is 10.1. The summed E-state index contributed by atoms with van der Waals surface area (Å²) in [5.74, 6) is 1.36. The van der Waals surface area contributed by atoms with Crippen molar-refractivity contribution in [1.82, 2.24) is 0 Å². The summed E-state index contributed by atoms with van der Waals surface area (Å²) >= 11 is 0. The summed E-state index contributed by atoms with van der Waals surface area (Å²) in [6.45, 7) is 3.13. The standard InChI is InChI=1S/C32H28N2O4/c1-2-36-31-19-25(17-18-30(31)38-22-24-11-5-3-6-12-24)23-37-29-16-10-9-13-26(29)20-27(21-33)32(35)34-28-14-7-4-8-15-28/h3-20H,2,22-23H2,1H3,(H,34,35)/b27-20+. The molecule has 6 heteroatoms. The number of amides is 1. The topological polar surface area (TPSA) is 80.6 Å². The van der Waals surface area contributed by atoms with Gasteiger partial charge < -0.3 is 19.5 Å². The first-order valence-electron chi connectivity index (χ1n) is 12.3. The van der Waals surface area contributed by atoms with Gasteiger partial charge in [0.1, 0.15) is 30.6 Å². The third-order valence-electron chi connectivity index (χ3n) is 5.56. The zero-order valence-corrected chi connectivity index (χ0v) is 21.1. The molecule has 0 heterocycles. The van der Waals surface area contributed by atoms with Crippen molar-refractivity contribution in [2.45, 2.75) is 20.1 Å². The van der Waals surface area contributed by atoms with Gasteiger partial charge >= 0.3 is 0 Å². The van der Waals surface area contributed by atoms with Crippen molar-refractivity contribution in [2.24, 2.45) is 0 Å². The van der Waals surface area contributed by atoms with E-state index in [1.54, 1.807) is 24.3 Å². The van der Waals surface area contributed by atoms with Crippen LogP contribution >= 0.6 is 0 Å². The second kappa shape index (κ2) is 13.3. The van der Waals surface area contributed by atoms with Crippen LogP contribution < -0.4 is 19.5 Å². The highest BCUT2D eigenvalue weighted by Gasteiger charge is 2.12. The van der Waals surface area contributed by atoms with E-state index in [1.807, 2.05) is 91.9 Å². The van der Waals surface area contributed by atoms with Crippen molar-refractivity contribution in [3.63, 3.8) is 0 Å². The van der Waals surface area contributed by atoms with E-state index in [0.717, 1.165) is 11.1 Å². The summed E-state index contributed by atoms with van der Waals surface area (Å²) in [6, 6.07) is 33.9. The molecule has 0 saturated carbocycles. The minimum Gasteiger partial charge on any atom is -0.490 e. The van der Waals surface area contributed by atoms with Crippen LogP contribution in [0.4, 0.5) is 5.69 Å². The molecule has 4 rings (SSSR count). The second-order valence-corrected chi connectivity index (χ2v) is 8.30. The van der Waals surface area contributed by atoms with E-state index in [0.29, 0.717) is 41.7 Å². The molecule has 0 saturated heterocycles. The van der Waals surface area contributed by atoms with Crippen LogP contribution in [0, 0.1) is 11.3 Å². The number of hydrogen-bond donors (Lipinski definition) is 1. The van der Waals surface area contributed by atoms with Crippen LogP contribution in [0.15, 0.2) is 109 Å². The van der Waals surface area contributed by atoms with E-state index in [2.05, 4.69) is 5.32 Å². The van der Waals surface area contributed by atoms with Crippen molar-refractivity contribution in [1.29, 1.82) is 5.26 Å². The zero-order valence-electron chi connectivity index (χ0n) is 21.1. The highest BCUT2D eigenvalue weighted by atomic mass is 16.5. The van der Waals surface area contributed by atoms with Crippen LogP contribution in [0.25, 0.3) is 6.08 Å². The predicted molar refractivity (Wildman–Crippen MR) is 148 cm³/mol. The van der Waals surface area contributed by atoms with Gasteiger partial charge in [-0.3, -0.25) is 4.79 Å². The van der Waals surface area contributed by atoms with Gasteiger partial charge in [0.05, 0.1) is 6.61 Å². The largest absolute Gasteiger partial charge is 0.490 e. The molecule has 0 bridgehead atoms. The Hall–Kier alpha value is -5.02. The fourth-order valence-electron chi connectivity index (χ4n) is 3.68. The maximum absolute atomic E-state index is 12.6. The summed E-state index contributed by atoms with van der Waals surface area (Å²) in [5, 5.41) is 12.4. The first-order valence-corrected chi connectivity index (χ1v) is 12.3. The fourth-order valence-corrected chi connectivity index (χ4v) is 3.68. The van der Waals surface area contributed by atoms with E-state index in [-0.39, 0.29) is 12.2 Å². The number of para-hydroxylation sites is 2. The fraction of sp³-hybridized carbons (Fsp3) is 0.125. The number of nitrogens with one attached hydrogen (secondary N) is 1. The smallest absolute Gasteiger partial charge is 0.266 e. The van der Waals surface area contributed by atoms with Gasteiger partial charge in [-0.15, -0.1) is 0 Å². The summed E-state index contributed by atoms with van der Waals surface area (Å²) < 4.78 is 17.9. The molecule has 0 spiro atoms.